The lowest BCUT2D eigenvalue weighted by Gasteiger charge is -2.21. The molecule has 0 saturated carbocycles. The fraction of sp³-hybridized carbons (Fsp3) is 0.412. The minimum Gasteiger partial charge on any atom is -0.435 e. The number of hydrogen-bond acceptors (Lipinski definition) is 5. The largest absolute Gasteiger partial charge is 0.435 e. The van der Waals surface area contributed by atoms with Crippen molar-refractivity contribution in [2.24, 2.45) is 0 Å². The van der Waals surface area contributed by atoms with Crippen molar-refractivity contribution >= 4 is 34.8 Å². The van der Waals surface area contributed by atoms with Gasteiger partial charge in [-0.15, -0.1) is 23.7 Å². The van der Waals surface area contributed by atoms with E-state index in [4.69, 9.17) is 0 Å². The fourth-order valence-corrected chi connectivity index (χ4v) is 3.62. The van der Waals surface area contributed by atoms with Crippen LogP contribution in [-0.2, 0) is 4.79 Å². The predicted octanol–water partition coefficient (Wildman–Crippen LogP) is 4.22. The normalized spacial score (nSPS) is 16.8. The van der Waals surface area contributed by atoms with Gasteiger partial charge in [0.25, 0.3) is 0 Å². The van der Waals surface area contributed by atoms with Crippen LogP contribution in [0.1, 0.15) is 24.1 Å². The molecular formula is C17H20ClF2N3O2S. The van der Waals surface area contributed by atoms with Crippen molar-refractivity contribution in [3.63, 3.8) is 0 Å². The van der Waals surface area contributed by atoms with Gasteiger partial charge in [0.15, 0.2) is 5.13 Å². The summed E-state index contributed by atoms with van der Waals surface area (Å²) < 4.78 is 28.8. The standard InChI is InChI=1S/C17H19F2N3O2S.ClH/c1-10-14(11-5-7-12(8-6-11)24-16(18)19)21-17(25-10)22-15(23)13-4-2-3-9-20-13;/h5-8,13,16,20H,2-4,9H2,1H3,(H,21,22,23);1H. The quantitative estimate of drug-likeness (QED) is 0.784. The average molecular weight is 404 g/mol. The molecule has 1 atom stereocenters. The van der Waals surface area contributed by atoms with Crippen LogP contribution >= 0.6 is 23.7 Å². The SMILES string of the molecule is Cc1sc(NC(=O)C2CCCCN2)nc1-c1ccc(OC(F)F)cc1.Cl. The second-order valence-electron chi connectivity index (χ2n) is 5.82. The number of aryl methyl sites for hydroxylation is 1. The Bertz CT molecular complexity index is 734. The van der Waals surface area contributed by atoms with E-state index in [1.807, 2.05) is 6.92 Å². The van der Waals surface area contributed by atoms with Crippen molar-refractivity contribution in [1.29, 1.82) is 0 Å². The number of ether oxygens (including phenoxy) is 1. The van der Waals surface area contributed by atoms with Crippen molar-refractivity contribution in [3.8, 4) is 17.0 Å². The van der Waals surface area contributed by atoms with Gasteiger partial charge >= 0.3 is 6.61 Å². The van der Waals surface area contributed by atoms with Crippen LogP contribution in [0.15, 0.2) is 24.3 Å². The first-order valence-electron chi connectivity index (χ1n) is 8.10. The van der Waals surface area contributed by atoms with E-state index in [1.165, 1.54) is 23.5 Å². The van der Waals surface area contributed by atoms with E-state index < -0.39 is 6.61 Å². The van der Waals surface area contributed by atoms with Crippen molar-refractivity contribution in [2.75, 3.05) is 11.9 Å². The summed E-state index contributed by atoms with van der Waals surface area (Å²) in [6.07, 6.45) is 2.96. The van der Waals surface area contributed by atoms with Crippen molar-refractivity contribution in [3.05, 3.63) is 29.1 Å². The number of alkyl halides is 2. The van der Waals surface area contributed by atoms with Crippen molar-refractivity contribution in [2.45, 2.75) is 38.8 Å². The summed E-state index contributed by atoms with van der Waals surface area (Å²) in [6.45, 7) is -0.0830. The van der Waals surface area contributed by atoms with E-state index in [1.54, 1.807) is 12.1 Å². The number of carbonyl (C=O) groups excluding carboxylic acids is 1. The van der Waals surface area contributed by atoms with Crippen LogP contribution in [0.5, 0.6) is 5.75 Å². The van der Waals surface area contributed by atoms with Crippen molar-refractivity contribution < 1.29 is 18.3 Å². The highest BCUT2D eigenvalue weighted by Gasteiger charge is 2.22. The minimum absolute atomic E-state index is 0. The highest BCUT2D eigenvalue weighted by atomic mass is 35.5. The number of amides is 1. The number of anilines is 1. The average Bonchev–Trinajstić information content (AvgIpc) is 2.96. The molecule has 5 nitrogen and oxygen atoms in total. The van der Waals surface area contributed by atoms with E-state index in [0.29, 0.717) is 5.13 Å². The number of nitrogens with one attached hydrogen (secondary N) is 2. The Balaban J connectivity index is 0.00000243. The molecule has 26 heavy (non-hydrogen) atoms. The van der Waals surface area contributed by atoms with Crippen LogP contribution in [0.3, 0.4) is 0 Å². The molecule has 9 heteroatoms. The van der Waals surface area contributed by atoms with Gasteiger partial charge in [0.05, 0.1) is 11.7 Å². The topological polar surface area (TPSA) is 63.2 Å². The lowest BCUT2D eigenvalue weighted by Crippen LogP contribution is -2.43. The molecular weight excluding hydrogens is 384 g/mol. The van der Waals surface area contributed by atoms with E-state index in [9.17, 15) is 13.6 Å². The van der Waals surface area contributed by atoms with Crippen LogP contribution in [0.4, 0.5) is 13.9 Å². The number of nitrogens with zero attached hydrogens (tertiary/aromatic N) is 1. The summed E-state index contributed by atoms with van der Waals surface area (Å²) in [6, 6.07) is 6.13. The highest BCUT2D eigenvalue weighted by molar-refractivity contribution is 7.16. The second kappa shape index (κ2) is 9.25. The molecule has 2 heterocycles. The summed E-state index contributed by atoms with van der Waals surface area (Å²) in [5.41, 5.74) is 1.51. The number of hydrogen-bond donors (Lipinski definition) is 2. The maximum absolute atomic E-state index is 12.3. The molecule has 1 unspecified atom stereocenters. The third-order valence-corrected chi connectivity index (χ3v) is 4.89. The molecule has 3 rings (SSSR count). The lowest BCUT2D eigenvalue weighted by atomic mass is 10.0. The van der Waals surface area contributed by atoms with Gasteiger partial charge in [-0.05, 0) is 50.6 Å². The van der Waals surface area contributed by atoms with Crippen molar-refractivity contribution in [1.82, 2.24) is 10.3 Å². The maximum atomic E-state index is 12.3. The van der Waals surface area contributed by atoms with E-state index in [0.717, 1.165) is 41.9 Å². The number of carbonyl (C=O) groups is 1. The molecule has 1 aliphatic rings. The molecule has 0 radical (unpaired) electrons. The summed E-state index contributed by atoms with van der Waals surface area (Å²) in [7, 11) is 0. The Labute approximate surface area is 160 Å². The van der Waals surface area contributed by atoms with Crippen LogP contribution < -0.4 is 15.4 Å². The first-order chi connectivity index (χ1) is 12.0. The van der Waals surface area contributed by atoms with E-state index >= 15 is 0 Å². The summed E-state index contributed by atoms with van der Waals surface area (Å²) >= 11 is 1.39. The number of halogens is 3. The lowest BCUT2D eigenvalue weighted by molar-refractivity contribution is -0.118. The van der Waals surface area contributed by atoms with Crippen LogP contribution in [0.2, 0.25) is 0 Å². The Hall–Kier alpha value is -1.77. The van der Waals surface area contributed by atoms with E-state index in [-0.39, 0.29) is 30.1 Å². The second-order valence-corrected chi connectivity index (χ2v) is 7.02. The molecule has 1 saturated heterocycles. The monoisotopic (exact) mass is 403 g/mol. The van der Waals surface area contributed by atoms with Gasteiger partial charge in [-0.1, -0.05) is 6.42 Å². The Morgan fingerprint density at radius 1 is 1.35 bits per heavy atom. The van der Waals surface area contributed by atoms with Gasteiger partial charge in [-0.2, -0.15) is 8.78 Å². The maximum Gasteiger partial charge on any atom is 0.387 e. The molecule has 1 aromatic heterocycles. The summed E-state index contributed by atoms with van der Waals surface area (Å²) in [4.78, 5) is 17.7. The zero-order valence-corrected chi connectivity index (χ0v) is 15.8. The summed E-state index contributed by atoms with van der Waals surface area (Å²) in [5.74, 6) is 0.0317. The molecule has 1 fully saturated rings. The summed E-state index contributed by atoms with van der Waals surface area (Å²) in [5, 5.41) is 6.61. The number of rotatable bonds is 5. The number of piperidine rings is 1. The first-order valence-corrected chi connectivity index (χ1v) is 8.91. The molecule has 1 amide bonds. The third-order valence-electron chi connectivity index (χ3n) is 4.01. The minimum atomic E-state index is -2.85. The van der Waals surface area contributed by atoms with Crippen LogP contribution in [0, 0.1) is 6.92 Å². The van der Waals surface area contributed by atoms with Gasteiger partial charge in [0.2, 0.25) is 5.91 Å². The molecule has 1 aromatic carbocycles. The van der Waals surface area contributed by atoms with Gasteiger partial charge in [0, 0.05) is 10.4 Å². The highest BCUT2D eigenvalue weighted by Crippen LogP contribution is 2.31. The van der Waals surface area contributed by atoms with Gasteiger partial charge in [-0.3, -0.25) is 4.79 Å². The smallest absolute Gasteiger partial charge is 0.387 e. The van der Waals surface area contributed by atoms with Crippen LogP contribution in [-0.4, -0.2) is 30.1 Å². The number of benzene rings is 1. The van der Waals surface area contributed by atoms with Gasteiger partial charge in [0.1, 0.15) is 5.75 Å². The van der Waals surface area contributed by atoms with Gasteiger partial charge < -0.3 is 15.4 Å². The zero-order valence-electron chi connectivity index (χ0n) is 14.1. The molecule has 2 aromatic rings. The number of aromatic nitrogens is 1. The molecule has 0 bridgehead atoms. The molecule has 1 aliphatic heterocycles. The van der Waals surface area contributed by atoms with E-state index in [2.05, 4.69) is 20.4 Å². The molecule has 142 valence electrons. The Morgan fingerprint density at radius 3 is 2.69 bits per heavy atom. The molecule has 2 N–H and O–H groups in total. The molecule has 0 spiro atoms. The number of thiazole rings is 1. The molecule has 0 aliphatic carbocycles. The zero-order chi connectivity index (χ0) is 17.8. The Morgan fingerprint density at radius 2 is 2.08 bits per heavy atom. The third kappa shape index (κ3) is 5.12. The Kier molecular flexibility index (Phi) is 7.31. The van der Waals surface area contributed by atoms with Crippen LogP contribution in [0.25, 0.3) is 11.3 Å². The predicted molar refractivity (Wildman–Crippen MR) is 100 cm³/mol. The van der Waals surface area contributed by atoms with Gasteiger partial charge in [-0.25, -0.2) is 4.98 Å². The first kappa shape index (κ1) is 20.5. The fourth-order valence-electron chi connectivity index (χ4n) is 2.78.